The standard InChI is InChI=1S/C17H20O2/c1-13(2)7-6-10-17(3)15(12-18)11-14-8-4-5-9-16(14)19-17/h4-5,7-9,11-12H,6,10H2,1-3H3/t17-/m0/s1. The lowest BCUT2D eigenvalue weighted by Gasteiger charge is -2.34. The van der Waals surface area contributed by atoms with Crippen molar-refractivity contribution < 1.29 is 9.53 Å². The van der Waals surface area contributed by atoms with Crippen LogP contribution in [0.2, 0.25) is 0 Å². The summed E-state index contributed by atoms with van der Waals surface area (Å²) in [5.74, 6) is 0.854. The van der Waals surface area contributed by atoms with Gasteiger partial charge < -0.3 is 4.74 Å². The first-order valence-corrected chi connectivity index (χ1v) is 6.64. The molecule has 1 atom stereocenters. The predicted molar refractivity (Wildman–Crippen MR) is 78.2 cm³/mol. The SMILES string of the molecule is CC(C)=CCC[C@]1(C)Oc2ccccc2C=C1C=O. The molecule has 1 heterocycles. The summed E-state index contributed by atoms with van der Waals surface area (Å²) in [6.07, 6.45) is 6.74. The topological polar surface area (TPSA) is 26.3 Å². The van der Waals surface area contributed by atoms with Crippen molar-refractivity contribution in [2.24, 2.45) is 0 Å². The largest absolute Gasteiger partial charge is 0.482 e. The number of rotatable bonds is 4. The number of carbonyl (C=O) groups excluding carboxylic acids is 1. The molecule has 0 saturated heterocycles. The Kier molecular flexibility index (Phi) is 3.89. The molecule has 1 aliphatic rings. The van der Waals surface area contributed by atoms with Gasteiger partial charge in [-0.2, -0.15) is 0 Å². The van der Waals surface area contributed by atoms with E-state index in [1.54, 1.807) is 0 Å². The average Bonchev–Trinajstić information content (AvgIpc) is 2.37. The monoisotopic (exact) mass is 256 g/mol. The third-order valence-corrected chi connectivity index (χ3v) is 3.48. The molecule has 0 bridgehead atoms. The molecule has 0 spiro atoms. The van der Waals surface area contributed by atoms with E-state index in [1.807, 2.05) is 37.3 Å². The minimum atomic E-state index is -0.526. The predicted octanol–water partition coefficient (Wildman–Crippen LogP) is 4.17. The van der Waals surface area contributed by atoms with Crippen molar-refractivity contribution in [2.75, 3.05) is 0 Å². The fourth-order valence-electron chi connectivity index (χ4n) is 2.30. The van der Waals surface area contributed by atoms with Gasteiger partial charge in [-0.05, 0) is 45.8 Å². The van der Waals surface area contributed by atoms with E-state index in [4.69, 9.17) is 4.74 Å². The second kappa shape index (κ2) is 5.43. The van der Waals surface area contributed by atoms with Gasteiger partial charge in [0.05, 0.1) is 0 Å². The van der Waals surface area contributed by atoms with E-state index in [-0.39, 0.29) is 0 Å². The lowest BCUT2D eigenvalue weighted by Crippen LogP contribution is -2.37. The summed E-state index contributed by atoms with van der Waals surface area (Å²) in [7, 11) is 0. The third kappa shape index (κ3) is 2.95. The molecule has 19 heavy (non-hydrogen) atoms. The number of carbonyl (C=O) groups is 1. The summed E-state index contributed by atoms with van der Waals surface area (Å²) in [5.41, 5.74) is 2.45. The molecule has 1 aliphatic heterocycles. The van der Waals surface area contributed by atoms with Crippen molar-refractivity contribution in [1.29, 1.82) is 0 Å². The highest BCUT2D eigenvalue weighted by Crippen LogP contribution is 2.37. The molecule has 0 amide bonds. The molecule has 2 nitrogen and oxygen atoms in total. The number of benzene rings is 1. The average molecular weight is 256 g/mol. The van der Waals surface area contributed by atoms with Gasteiger partial charge in [0.25, 0.3) is 0 Å². The zero-order valence-electron chi connectivity index (χ0n) is 11.8. The Balaban J connectivity index is 2.27. The molecule has 0 saturated carbocycles. The van der Waals surface area contributed by atoms with Crippen LogP contribution in [-0.2, 0) is 4.79 Å². The second-order valence-corrected chi connectivity index (χ2v) is 5.41. The summed E-state index contributed by atoms with van der Waals surface area (Å²) >= 11 is 0. The van der Waals surface area contributed by atoms with Crippen LogP contribution < -0.4 is 4.74 Å². The maximum atomic E-state index is 11.3. The first-order chi connectivity index (χ1) is 9.05. The summed E-state index contributed by atoms with van der Waals surface area (Å²) in [4.78, 5) is 11.3. The maximum absolute atomic E-state index is 11.3. The summed E-state index contributed by atoms with van der Waals surface area (Å²) < 4.78 is 6.08. The molecule has 1 aromatic rings. The van der Waals surface area contributed by atoms with Gasteiger partial charge in [0, 0.05) is 11.1 Å². The zero-order valence-corrected chi connectivity index (χ0v) is 11.8. The number of hydrogen-bond donors (Lipinski definition) is 0. The van der Waals surface area contributed by atoms with E-state index in [0.29, 0.717) is 5.57 Å². The Labute approximate surface area is 114 Å². The van der Waals surface area contributed by atoms with Gasteiger partial charge in [0.1, 0.15) is 17.6 Å². The van der Waals surface area contributed by atoms with Crippen LogP contribution in [-0.4, -0.2) is 11.9 Å². The lowest BCUT2D eigenvalue weighted by molar-refractivity contribution is -0.106. The molecule has 0 aromatic heterocycles. The van der Waals surface area contributed by atoms with Crippen LogP contribution in [0.4, 0.5) is 0 Å². The van der Waals surface area contributed by atoms with Crippen LogP contribution in [0.25, 0.3) is 6.08 Å². The van der Waals surface area contributed by atoms with E-state index in [0.717, 1.165) is 30.4 Å². The van der Waals surface area contributed by atoms with E-state index < -0.39 is 5.60 Å². The molecule has 1 aromatic carbocycles. The third-order valence-electron chi connectivity index (χ3n) is 3.48. The van der Waals surface area contributed by atoms with Crippen molar-refractivity contribution in [3.05, 3.63) is 47.1 Å². The van der Waals surface area contributed by atoms with E-state index in [9.17, 15) is 4.79 Å². The highest BCUT2D eigenvalue weighted by Gasteiger charge is 2.34. The summed E-state index contributed by atoms with van der Waals surface area (Å²) in [5, 5.41) is 0. The van der Waals surface area contributed by atoms with E-state index >= 15 is 0 Å². The van der Waals surface area contributed by atoms with Gasteiger partial charge in [-0.15, -0.1) is 0 Å². The fourth-order valence-corrected chi connectivity index (χ4v) is 2.30. The zero-order chi connectivity index (χ0) is 13.9. The number of para-hydroxylation sites is 1. The summed E-state index contributed by atoms with van der Waals surface area (Å²) in [6, 6.07) is 7.82. The Morgan fingerprint density at radius 2 is 2.05 bits per heavy atom. The molecular weight excluding hydrogens is 236 g/mol. The minimum Gasteiger partial charge on any atom is -0.482 e. The second-order valence-electron chi connectivity index (χ2n) is 5.41. The molecular formula is C17H20O2. The Bertz CT molecular complexity index is 536. The molecule has 0 fully saturated rings. The van der Waals surface area contributed by atoms with Crippen molar-refractivity contribution >= 4 is 12.4 Å². The van der Waals surface area contributed by atoms with Crippen molar-refractivity contribution in [2.45, 2.75) is 39.2 Å². The van der Waals surface area contributed by atoms with Gasteiger partial charge in [-0.3, -0.25) is 4.79 Å². The normalized spacial score (nSPS) is 20.9. The Morgan fingerprint density at radius 1 is 1.32 bits per heavy atom. The van der Waals surface area contributed by atoms with Gasteiger partial charge in [-0.25, -0.2) is 0 Å². The number of aldehydes is 1. The molecule has 0 radical (unpaired) electrons. The van der Waals surface area contributed by atoms with Gasteiger partial charge in [0.2, 0.25) is 0 Å². The highest BCUT2D eigenvalue weighted by molar-refractivity contribution is 5.86. The van der Waals surface area contributed by atoms with Crippen LogP contribution >= 0.6 is 0 Å². The van der Waals surface area contributed by atoms with Crippen LogP contribution in [0.1, 0.15) is 39.2 Å². The van der Waals surface area contributed by atoms with Crippen molar-refractivity contribution in [3.8, 4) is 5.75 Å². The molecule has 0 aliphatic carbocycles. The van der Waals surface area contributed by atoms with Crippen LogP contribution in [0.3, 0.4) is 0 Å². The highest BCUT2D eigenvalue weighted by atomic mass is 16.5. The first-order valence-electron chi connectivity index (χ1n) is 6.64. The van der Waals surface area contributed by atoms with Crippen molar-refractivity contribution in [1.82, 2.24) is 0 Å². The fraction of sp³-hybridized carbons (Fsp3) is 0.353. The Morgan fingerprint density at radius 3 is 2.74 bits per heavy atom. The van der Waals surface area contributed by atoms with E-state index in [1.165, 1.54) is 5.57 Å². The number of ether oxygens (including phenoxy) is 1. The number of fused-ring (bicyclic) bond motifs is 1. The molecule has 2 rings (SSSR count). The van der Waals surface area contributed by atoms with E-state index in [2.05, 4.69) is 19.9 Å². The van der Waals surface area contributed by atoms with Crippen LogP contribution in [0.15, 0.2) is 41.5 Å². The number of hydrogen-bond acceptors (Lipinski definition) is 2. The van der Waals surface area contributed by atoms with Gasteiger partial charge in [-0.1, -0.05) is 29.8 Å². The van der Waals surface area contributed by atoms with Gasteiger partial charge >= 0.3 is 0 Å². The molecule has 100 valence electrons. The Hall–Kier alpha value is -1.83. The molecule has 0 unspecified atom stereocenters. The minimum absolute atomic E-state index is 0.526. The lowest BCUT2D eigenvalue weighted by atomic mass is 9.87. The van der Waals surface area contributed by atoms with Gasteiger partial charge in [0.15, 0.2) is 0 Å². The van der Waals surface area contributed by atoms with Crippen molar-refractivity contribution in [3.63, 3.8) is 0 Å². The summed E-state index contributed by atoms with van der Waals surface area (Å²) in [6.45, 7) is 6.15. The number of allylic oxidation sites excluding steroid dienone is 2. The van der Waals surface area contributed by atoms with Crippen LogP contribution in [0.5, 0.6) is 5.75 Å². The van der Waals surface area contributed by atoms with Crippen LogP contribution in [0, 0.1) is 0 Å². The quantitative estimate of drug-likeness (QED) is 0.597. The smallest absolute Gasteiger partial charge is 0.150 e. The first kappa shape index (κ1) is 13.6. The molecule has 0 N–H and O–H groups in total. The molecule has 2 heteroatoms. The maximum Gasteiger partial charge on any atom is 0.150 e.